The van der Waals surface area contributed by atoms with E-state index >= 15 is 0 Å². The van der Waals surface area contributed by atoms with Crippen molar-refractivity contribution in [1.29, 1.82) is 0 Å². The number of carboxylic acid groups (broad SMARTS) is 1. The second kappa shape index (κ2) is 6.62. The third kappa shape index (κ3) is 3.36. The molecule has 0 amide bonds. The maximum Gasteiger partial charge on any atom is 0.313 e. The zero-order valence-corrected chi connectivity index (χ0v) is 13.1. The summed E-state index contributed by atoms with van der Waals surface area (Å²) in [7, 11) is 3.94. The van der Waals surface area contributed by atoms with Crippen molar-refractivity contribution in [3.63, 3.8) is 0 Å². The smallest absolute Gasteiger partial charge is 0.313 e. The molecule has 0 unspecified atom stereocenters. The normalized spacial score (nSPS) is 10.6. The number of rotatable bonds is 6. The molecule has 1 aromatic heterocycles. The Hall–Kier alpha value is -2.02. The average molecular weight is 306 g/mol. The number of aliphatic carboxylic acids is 1. The van der Waals surface area contributed by atoms with Gasteiger partial charge in [0, 0.05) is 20.5 Å². The number of benzene rings is 1. The van der Waals surface area contributed by atoms with Crippen LogP contribution in [-0.4, -0.2) is 45.7 Å². The Kier molecular flexibility index (Phi) is 4.85. The molecule has 0 spiro atoms. The number of para-hydroxylation sites is 2. The van der Waals surface area contributed by atoms with Gasteiger partial charge in [-0.2, -0.15) is 0 Å². The number of hydrogen-bond acceptors (Lipinski definition) is 5. The lowest BCUT2D eigenvalue weighted by atomic mass is 10.2. The van der Waals surface area contributed by atoms with Crippen LogP contribution >= 0.6 is 11.8 Å². The zero-order valence-electron chi connectivity index (χ0n) is 12.3. The first-order valence-electron chi connectivity index (χ1n) is 6.60. The highest BCUT2D eigenvalue weighted by molar-refractivity contribution is 7.99. The summed E-state index contributed by atoms with van der Waals surface area (Å²) in [5.74, 6) is -0.0860. The number of hydrogen-bond donors (Lipinski definition) is 1. The molecule has 0 aliphatic heterocycles. The molecule has 1 heterocycles. The fraction of sp³-hybridized carbons (Fsp3) is 0.357. The van der Waals surface area contributed by atoms with E-state index in [2.05, 4.69) is 10.2 Å². The van der Waals surface area contributed by atoms with Gasteiger partial charge in [-0.05, 0) is 12.1 Å². The minimum absolute atomic E-state index is 0.0357. The predicted molar refractivity (Wildman–Crippen MR) is 83.4 cm³/mol. The third-order valence-electron chi connectivity index (χ3n) is 2.95. The van der Waals surface area contributed by atoms with Crippen molar-refractivity contribution in [2.24, 2.45) is 0 Å². The second-order valence-corrected chi connectivity index (χ2v) is 5.60. The number of aromatic nitrogens is 3. The van der Waals surface area contributed by atoms with E-state index in [-0.39, 0.29) is 5.75 Å². The van der Waals surface area contributed by atoms with E-state index in [0.717, 1.165) is 23.6 Å². The zero-order chi connectivity index (χ0) is 15.4. The van der Waals surface area contributed by atoms with Gasteiger partial charge in [-0.3, -0.25) is 9.36 Å². The summed E-state index contributed by atoms with van der Waals surface area (Å²) in [5, 5.41) is 17.8. The van der Waals surface area contributed by atoms with E-state index in [1.54, 1.807) is 0 Å². The number of carbonyl (C=O) groups is 1. The summed E-state index contributed by atoms with van der Waals surface area (Å²) in [5.41, 5.74) is 1.99. The summed E-state index contributed by atoms with van der Waals surface area (Å²) in [6.07, 6.45) is 0.725. The number of thioether (sulfide) groups is 1. The fourth-order valence-electron chi connectivity index (χ4n) is 2.02. The molecule has 2 rings (SSSR count). The summed E-state index contributed by atoms with van der Waals surface area (Å²) < 4.78 is 1.93. The van der Waals surface area contributed by atoms with Gasteiger partial charge in [-0.15, -0.1) is 10.2 Å². The lowest BCUT2D eigenvalue weighted by Crippen LogP contribution is -2.14. The lowest BCUT2D eigenvalue weighted by molar-refractivity contribution is -0.133. The van der Waals surface area contributed by atoms with Crippen molar-refractivity contribution in [2.75, 3.05) is 24.7 Å². The van der Waals surface area contributed by atoms with Gasteiger partial charge < -0.3 is 10.0 Å². The van der Waals surface area contributed by atoms with Gasteiger partial charge in [0.25, 0.3) is 0 Å². The Morgan fingerprint density at radius 1 is 1.33 bits per heavy atom. The van der Waals surface area contributed by atoms with Crippen LogP contribution in [0.4, 0.5) is 5.69 Å². The largest absolute Gasteiger partial charge is 0.481 e. The van der Waals surface area contributed by atoms with Crippen LogP contribution in [0.25, 0.3) is 5.69 Å². The monoisotopic (exact) mass is 306 g/mol. The van der Waals surface area contributed by atoms with Gasteiger partial charge in [0.2, 0.25) is 0 Å². The quantitative estimate of drug-likeness (QED) is 0.824. The maximum atomic E-state index is 10.8. The standard InChI is InChI=1S/C14H18N4O2S/c1-4-12-15-16-14(21-9-13(19)20)18(12)11-8-6-5-7-10(11)17(2)3/h5-8H,4,9H2,1-3H3,(H,19,20). The van der Waals surface area contributed by atoms with Crippen LogP contribution in [-0.2, 0) is 11.2 Å². The van der Waals surface area contributed by atoms with E-state index in [4.69, 9.17) is 5.11 Å². The molecule has 1 N–H and O–H groups in total. The van der Waals surface area contributed by atoms with E-state index in [9.17, 15) is 4.79 Å². The van der Waals surface area contributed by atoms with Crippen molar-refractivity contribution in [1.82, 2.24) is 14.8 Å². The Labute approximate surface area is 127 Å². The molecule has 0 saturated heterocycles. The number of nitrogens with zero attached hydrogens (tertiary/aromatic N) is 4. The van der Waals surface area contributed by atoms with E-state index in [0.29, 0.717) is 5.16 Å². The Morgan fingerprint density at radius 3 is 2.67 bits per heavy atom. The highest BCUT2D eigenvalue weighted by atomic mass is 32.2. The van der Waals surface area contributed by atoms with Gasteiger partial charge in [0.05, 0.1) is 17.1 Å². The minimum Gasteiger partial charge on any atom is -0.481 e. The van der Waals surface area contributed by atoms with E-state index in [1.165, 1.54) is 11.8 Å². The van der Waals surface area contributed by atoms with Gasteiger partial charge in [0.1, 0.15) is 5.82 Å². The Balaban J connectivity index is 2.51. The van der Waals surface area contributed by atoms with Crippen LogP contribution in [0.3, 0.4) is 0 Å². The maximum absolute atomic E-state index is 10.8. The fourth-order valence-corrected chi connectivity index (χ4v) is 2.71. The minimum atomic E-state index is -0.867. The van der Waals surface area contributed by atoms with Crippen LogP contribution < -0.4 is 4.90 Å². The van der Waals surface area contributed by atoms with Gasteiger partial charge >= 0.3 is 5.97 Å². The van der Waals surface area contributed by atoms with E-state index < -0.39 is 5.97 Å². The topological polar surface area (TPSA) is 71.2 Å². The van der Waals surface area contributed by atoms with Gasteiger partial charge in [-0.25, -0.2) is 0 Å². The molecule has 21 heavy (non-hydrogen) atoms. The predicted octanol–water partition coefficient (Wildman–Crippen LogP) is 2.07. The number of aryl methyl sites for hydroxylation is 1. The molecule has 0 aliphatic rings. The highest BCUT2D eigenvalue weighted by Crippen LogP contribution is 2.28. The molecule has 0 saturated carbocycles. The first-order chi connectivity index (χ1) is 10.0. The molecule has 0 atom stereocenters. The molecular weight excluding hydrogens is 288 g/mol. The molecule has 2 aromatic rings. The van der Waals surface area contributed by atoms with Gasteiger partial charge in [0.15, 0.2) is 5.16 Å². The van der Waals surface area contributed by atoms with Gasteiger partial charge in [-0.1, -0.05) is 30.8 Å². The Bertz CT molecular complexity index is 640. The molecule has 0 aliphatic carbocycles. The molecule has 0 bridgehead atoms. The van der Waals surface area contributed by atoms with Crippen LogP contribution in [0.5, 0.6) is 0 Å². The first kappa shape index (κ1) is 15.4. The third-order valence-corrected chi connectivity index (χ3v) is 3.86. The first-order valence-corrected chi connectivity index (χ1v) is 7.58. The van der Waals surface area contributed by atoms with Crippen molar-refractivity contribution in [3.05, 3.63) is 30.1 Å². The lowest BCUT2D eigenvalue weighted by Gasteiger charge is -2.19. The van der Waals surface area contributed by atoms with Crippen molar-refractivity contribution < 1.29 is 9.90 Å². The van der Waals surface area contributed by atoms with Crippen LogP contribution in [0, 0.1) is 0 Å². The molecule has 1 aromatic carbocycles. The second-order valence-electron chi connectivity index (χ2n) is 4.65. The number of carboxylic acids is 1. The summed E-state index contributed by atoms with van der Waals surface area (Å²) in [6.45, 7) is 2.00. The molecule has 6 nitrogen and oxygen atoms in total. The average Bonchev–Trinajstić information content (AvgIpc) is 2.87. The molecular formula is C14H18N4O2S. The van der Waals surface area contributed by atoms with Crippen LogP contribution in [0.15, 0.2) is 29.4 Å². The van der Waals surface area contributed by atoms with Crippen molar-refractivity contribution in [3.8, 4) is 5.69 Å². The van der Waals surface area contributed by atoms with Crippen LogP contribution in [0.1, 0.15) is 12.7 Å². The summed E-state index contributed by atoms with van der Waals surface area (Å²) in [6, 6.07) is 7.93. The Morgan fingerprint density at radius 2 is 2.05 bits per heavy atom. The van der Waals surface area contributed by atoms with E-state index in [1.807, 2.05) is 54.8 Å². The van der Waals surface area contributed by atoms with Crippen molar-refractivity contribution >= 4 is 23.4 Å². The SMILES string of the molecule is CCc1nnc(SCC(=O)O)n1-c1ccccc1N(C)C. The highest BCUT2D eigenvalue weighted by Gasteiger charge is 2.17. The molecule has 112 valence electrons. The van der Waals surface area contributed by atoms with Crippen molar-refractivity contribution in [2.45, 2.75) is 18.5 Å². The molecule has 7 heteroatoms. The summed E-state index contributed by atoms with van der Waals surface area (Å²) >= 11 is 1.18. The van der Waals surface area contributed by atoms with Crippen LogP contribution in [0.2, 0.25) is 0 Å². The summed E-state index contributed by atoms with van der Waals surface area (Å²) in [4.78, 5) is 12.8. The molecule has 0 fully saturated rings. The number of anilines is 1. The molecule has 0 radical (unpaired) electrons.